The normalized spacial score (nSPS) is 32.4. The smallest absolute Gasteiger partial charge is 0.256 e. The summed E-state index contributed by atoms with van der Waals surface area (Å²) in [6, 6.07) is 10.3. The molecule has 1 aromatic carbocycles. The molecule has 1 aromatic heterocycles. The van der Waals surface area contributed by atoms with Gasteiger partial charge in [0.05, 0.1) is 18.0 Å². The first kappa shape index (κ1) is 19.4. The van der Waals surface area contributed by atoms with Crippen LogP contribution in [0.2, 0.25) is 0 Å². The highest BCUT2D eigenvalue weighted by atomic mass is 16.3. The van der Waals surface area contributed by atoms with Crippen molar-refractivity contribution < 1.29 is 9.90 Å². The number of piperidine rings is 1. The number of amides is 1. The highest BCUT2D eigenvalue weighted by Gasteiger charge is 2.48. The van der Waals surface area contributed by atoms with E-state index in [0.717, 1.165) is 49.3 Å². The third-order valence-corrected chi connectivity index (χ3v) is 8.28. The summed E-state index contributed by atoms with van der Waals surface area (Å²) in [6.07, 6.45) is 9.50. The minimum atomic E-state index is -0.255. The Morgan fingerprint density at radius 1 is 0.968 bits per heavy atom. The maximum absolute atomic E-state index is 13.6. The van der Waals surface area contributed by atoms with Crippen molar-refractivity contribution in [3.05, 3.63) is 42.1 Å². The molecule has 4 saturated carbocycles. The van der Waals surface area contributed by atoms with Crippen molar-refractivity contribution in [2.24, 2.45) is 23.7 Å². The molecule has 2 N–H and O–H groups in total. The number of carbonyl (C=O) groups is 1. The van der Waals surface area contributed by atoms with Crippen LogP contribution in [0.3, 0.4) is 0 Å². The van der Waals surface area contributed by atoms with Crippen LogP contribution in [0.5, 0.6) is 0 Å². The van der Waals surface area contributed by atoms with Crippen molar-refractivity contribution in [2.75, 3.05) is 18.0 Å². The summed E-state index contributed by atoms with van der Waals surface area (Å²) in [6.45, 7) is 1.47. The van der Waals surface area contributed by atoms with Gasteiger partial charge in [-0.2, -0.15) is 5.10 Å². The molecule has 6 heteroatoms. The van der Waals surface area contributed by atoms with E-state index in [1.54, 1.807) is 6.20 Å². The number of anilines is 1. The van der Waals surface area contributed by atoms with E-state index >= 15 is 0 Å². The molecule has 6 nitrogen and oxygen atoms in total. The SMILES string of the molecule is O=C(NC1C2CC3CC(C2)CC1C3)c1cnn(-c2ccccc2)c1N1CCC(O)CC1. The van der Waals surface area contributed by atoms with Gasteiger partial charge in [-0.1, -0.05) is 18.2 Å². The number of para-hydroxylation sites is 1. The van der Waals surface area contributed by atoms with Gasteiger partial charge < -0.3 is 15.3 Å². The molecule has 5 fully saturated rings. The summed E-state index contributed by atoms with van der Waals surface area (Å²) < 4.78 is 1.89. The molecule has 1 aliphatic heterocycles. The monoisotopic (exact) mass is 420 g/mol. The van der Waals surface area contributed by atoms with Crippen LogP contribution in [0.25, 0.3) is 5.69 Å². The molecule has 2 aromatic rings. The number of aromatic nitrogens is 2. The quantitative estimate of drug-likeness (QED) is 0.796. The van der Waals surface area contributed by atoms with Crippen LogP contribution in [-0.4, -0.2) is 46.0 Å². The fraction of sp³-hybridized carbons (Fsp3) is 0.600. The Labute approximate surface area is 183 Å². The minimum Gasteiger partial charge on any atom is -0.393 e. The lowest BCUT2D eigenvalue weighted by Gasteiger charge is -2.54. The number of aliphatic hydroxyl groups is 1. The average Bonchev–Trinajstić information content (AvgIpc) is 3.22. The zero-order chi connectivity index (χ0) is 20.9. The maximum atomic E-state index is 13.6. The Hall–Kier alpha value is -2.34. The molecule has 2 heterocycles. The zero-order valence-electron chi connectivity index (χ0n) is 18.0. The third-order valence-electron chi connectivity index (χ3n) is 8.28. The molecule has 4 aliphatic carbocycles. The lowest BCUT2D eigenvalue weighted by atomic mass is 9.54. The molecule has 164 valence electrons. The second-order valence-electron chi connectivity index (χ2n) is 10.3. The van der Waals surface area contributed by atoms with Gasteiger partial charge in [0.1, 0.15) is 11.4 Å². The highest BCUT2D eigenvalue weighted by Crippen LogP contribution is 2.53. The Morgan fingerprint density at radius 2 is 1.61 bits per heavy atom. The molecule has 0 radical (unpaired) electrons. The molecule has 5 aliphatic rings. The van der Waals surface area contributed by atoms with Gasteiger partial charge in [-0.15, -0.1) is 0 Å². The van der Waals surface area contributed by atoms with Crippen molar-refractivity contribution >= 4 is 11.7 Å². The minimum absolute atomic E-state index is 0.0146. The fourth-order valence-corrected chi connectivity index (χ4v) is 7.03. The first-order chi connectivity index (χ1) is 15.2. The van der Waals surface area contributed by atoms with Gasteiger partial charge in [-0.25, -0.2) is 4.68 Å². The van der Waals surface area contributed by atoms with Crippen LogP contribution in [0.1, 0.15) is 55.3 Å². The van der Waals surface area contributed by atoms with E-state index in [-0.39, 0.29) is 12.0 Å². The summed E-state index contributed by atoms with van der Waals surface area (Å²) >= 11 is 0. The largest absolute Gasteiger partial charge is 0.393 e. The number of carbonyl (C=O) groups excluding carboxylic acids is 1. The molecule has 0 spiro atoms. The van der Waals surface area contributed by atoms with E-state index in [1.807, 2.05) is 35.0 Å². The molecule has 31 heavy (non-hydrogen) atoms. The van der Waals surface area contributed by atoms with Gasteiger partial charge >= 0.3 is 0 Å². The van der Waals surface area contributed by atoms with Crippen molar-refractivity contribution in [2.45, 2.75) is 57.1 Å². The number of nitrogens with one attached hydrogen (secondary N) is 1. The average molecular weight is 421 g/mol. The van der Waals surface area contributed by atoms with Gasteiger partial charge in [-0.3, -0.25) is 4.79 Å². The number of nitrogens with zero attached hydrogens (tertiary/aromatic N) is 3. The lowest BCUT2D eigenvalue weighted by Crippen LogP contribution is -2.55. The second-order valence-corrected chi connectivity index (χ2v) is 10.3. The molecule has 7 rings (SSSR count). The van der Waals surface area contributed by atoms with E-state index in [1.165, 1.54) is 32.1 Å². The van der Waals surface area contributed by atoms with E-state index in [9.17, 15) is 9.90 Å². The van der Waals surface area contributed by atoms with Crippen molar-refractivity contribution in [1.29, 1.82) is 0 Å². The second kappa shape index (κ2) is 7.66. The molecular formula is C25H32N4O2. The lowest BCUT2D eigenvalue weighted by molar-refractivity contribution is -0.0119. The van der Waals surface area contributed by atoms with Crippen LogP contribution < -0.4 is 10.2 Å². The van der Waals surface area contributed by atoms with Crippen LogP contribution >= 0.6 is 0 Å². The third kappa shape index (κ3) is 3.45. The Bertz CT molecular complexity index is 920. The topological polar surface area (TPSA) is 70.4 Å². The molecule has 1 saturated heterocycles. The van der Waals surface area contributed by atoms with Gasteiger partial charge in [0.25, 0.3) is 5.91 Å². The highest BCUT2D eigenvalue weighted by molar-refractivity contribution is 5.99. The summed E-state index contributed by atoms with van der Waals surface area (Å²) in [5.41, 5.74) is 1.62. The fourth-order valence-electron chi connectivity index (χ4n) is 7.03. The zero-order valence-corrected chi connectivity index (χ0v) is 18.0. The van der Waals surface area contributed by atoms with Crippen molar-refractivity contribution in [1.82, 2.24) is 15.1 Å². The van der Waals surface area contributed by atoms with Gasteiger partial charge in [0, 0.05) is 19.1 Å². The van der Waals surface area contributed by atoms with Crippen LogP contribution in [-0.2, 0) is 0 Å². The first-order valence-corrected chi connectivity index (χ1v) is 12.0. The molecule has 1 amide bonds. The van der Waals surface area contributed by atoms with Gasteiger partial charge in [-0.05, 0) is 80.8 Å². The standard InChI is InChI=1S/C25H32N4O2/c30-21-6-8-28(9-7-21)25-22(15-26-29(25)20-4-2-1-3-5-20)24(31)27-23-18-11-16-10-17(13-18)14-19(23)12-16/h1-5,15-19,21,23,30H,6-14H2,(H,27,31). The summed E-state index contributed by atoms with van der Waals surface area (Å²) in [5.74, 6) is 3.97. The summed E-state index contributed by atoms with van der Waals surface area (Å²) in [7, 11) is 0. The summed E-state index contributed by atoms with van der Waals surface area (Å²) in [5, 5.41) is 18.1. The number of hydrogen-bond donors (Lipinski definition) is 2. The van der Waals surface area contributed by atoms with Crippen LogP contribution in [0.4, 0.5) is 5.82 Å². The van der Waals surface area contributed by atoms with Gasteiger partial charge in [0.15, 0.2) is 0 Å². The predicted octanol–water partition coefficient (Wildman–Crippen LogP) is 3.39. The van der Waals surface area contributed by atoms with Crippen molar-refractivity contribution in [3.63, 3.8) is 0 Å². The molecule has 0 atom stereocenters. The molecule has 0 unspecified atom stereocenters. The van der Waals surface area contributed by atoms with E-state index in [4.69, 9.17) is 0 Å². The van der Waals surface area contributed by atoms with Crippen LogP contribution in [0.15, 0.2) is 36.5 Å². The van der Waals surface area contributed by atoms with E-state index in [0.29, 0.717) is 23.4 Å². The number of aliphatic hydroxyl groups excluding tert-OH is 1. The summed E-state index contributed by atoms with van der Waals surface area (Å²) in [4.78, 5) is 15.8. The van der Waals surface area contributed by atoms with Crippen LogP contribution in [0, 0.1) is 23.7 Å². The van der Waals surface area contributed by atoms with Crippen molar-refractivity contribution in [3.8, 4) is 5.69 Å². The van der Waals surface area contributed by atoms with Gasteiger partial charge in [0.2, 0.25) is 0 Å². The number of hydrogen-bond acceptors (Lipinski definition) is 4. The van der Waals surface area contributed by atoms with E-state index in [2.05, 4.69) is 15.3 Å². The maximum Gasteiger partial charge on any atom is 0.256 e. The molecular weight excluding hydrogens is 388 g/mol. The molecule has 4 bridgehead atoms. The number of rotatable bonds is 4. The first-order valence-electron chi connectivity index (χ1n) is 12.0. The number of benzene rings is 1. The Kier molecular flexibility index (Phi) is 4.78. The Morgan fingerprint density at radius 3 is 2.26 bits per heavy atom. The Balaban J connectivity index is 1.30. The van der Waals surface area contributed by atoms with E-state index < -0.39 is 0 Å². The predicted molar refractivity (Wildman–Crippen MR) is 119 cm³/mol.